The molecule has 8 heteroatoms. The van der Waals surface area contributed by atoms with Crippen molar-refractivity contribution < 1.29 is 23.7 Å². The summed E-state index contributed by atoms with van der Waals surface area (Å²) in [6, 6.07) is 6.99. The first-order valence-corrected chi connectivity index (χ1v) is 8.75. The van der Waals surface area contributed by atoms with E-state index >= 15 is 0 Å². The fourth-order valence-corrected chi connectivity index (χ4v) is 5.22. The third-order valence-corrected chi connectivity index (χ3v) is 6.71. The van der Waals surface area contributed by atoms with E-state index < -0.39 is 44.9 Å². The molecule has 128 valence electrons. The second-order valence-electron chi connectivity index (χ2n) is 6.49. The second kappa shape index (κ2) is 5.70. The van der Waals surface area contributed by atoms with Crippen LogP contribution in [0.4, 0.5) is 0 Å². The maximum atomic E-state index is 12.6. The normalized spacial score (nSPS) is 30.4. The Morgan fingerprint density at radius 1 is 1.29 bits per heavy atom. The van der Waals surface area contributed by atoms with Crippen molar-refractivity contribution >= 4 is 28.6 Å². The van der Waals surface area contributed by atoms with Gasteiger partial charge < -0.3 is 15.3 Å². The smallest absolute Gasteiger partial charge is 0.328 e. The molecule has 1 aromatic rings. The van der Waals surface area contributed by atoms with Crippen molar-refractivity contribution in [2.24, 2.45) is 0 Å². The topological polar surface area (TPSA) is 104 Å². The first kappa shape index (κ1) is 16.6. The van der Waals surface area contributed by atoms with Gasteiger partial charge >= 0.3 is 5.97 Å². The highest BCUT2D eigenvalue weighted by Gasteiger charge is 2.68. The van der Waals surface area contributed by atoms with E-state index in [0.717, 1.165) is 10.5 Å². The Morgan fingerprint density at radius 3 is 2.50 bits per heavy atom. The number of aliphatic carboxylic acids is 1. The average molecular weight is 350 g/mol. The molecule has 7 nitrogen and oxygen atoms in total. The molecule has 2 heterocycles. The fraction of sp³-hybridized carbons (Fsp3) is 0.438. The third kappa shape index (κ3) is 2.41. The molecule has 2 N–H and O–H groups in total. The van der Waals surface area contributed by atoms with Gasteiger partial charge in [-0.3, -0.25) is 13.8 Å². The quantitative estimate of drug-likeness (QED) is 0.737. The Kier molecular flexibility index (Phi) is 3.95. The minimum atomic E-state index is -1.58. The van der Waals surface area contributed by atoms with Crippen molar-refractivity contribution in [2.45, 2.75) is 42.5 Å². The minimum absolute atomic E-state index is 0.107. The van der Waals surface area contributed by atoms with Gasteiger partial charge in [-0.2, -0.15) is 0 Å². The lowest BCUT2D eigenvalue weighted by molar-refractivity contribution is -0.161. The van der Waals surface area contributed by atoms with E-state index in [-0.39, 0.29) is 12.3 Å². The summed E-state index contributed by atoms with van der Waals surface area (Å²) in [5.41, 5.74) is 0.801. The van der Waals surface area contributed by atoms with Crippen molar-refractivity contribution in [3.05, 3.63) is 35.9 Å². The molecule has 0 radical (unpaired) electrons. The van der Waals surface area contributed by atoms with E-state index in [1.807, 2.05) is 18.2 Å². The van der Waals surface area contributed by atoms with Gasteiger partial charge in [-0.05, 0) is 19.4 Å². The van der Waals surface area contributed by atoms with E-state index in [4.69, 9.17) is 0 Å². The molecule has 1 aromatic carbocycles. The molecule has 0 saturated carbocycles. The van der Waals surface area contributed by atoms with Crippen LogP contribution in [0.5, 0.6) is 0 Å². The van der Waals surface area contributed by atoms with E-state index in [2.05, 4.69) is 5.32 Å². The summed E-state index contributed by atoms with van der Waals surface area (Å²) in [7, 11) is -1.58. The molecule has 2 aliphatic heterocycles. The van der Waals surface area contributed by atoms with E-state index in [1.54, 1.807) is 26.0 Å². The van der Waals surface area contributed by atoms with Crippen LogP contribution in [-0.2, 0) is 31.6 Å². The maximum absolute atomic E-state index is 12.6. The van der Waals surface area contributed by atoms with Crippen LogP contribution in [0.3, 0.4) is 0 Å². The summed E-state index contributed by atoms with van der Waals surface area (Å²) in [5, 5.41) is 11.2. The van der Waals surface area contributed by atoms with Crippen LogP contribution in [-0.4, -0.2) is 54.2 Å². The van der Waals surface area contributed by atoms with Crippen LogP contribution < -0.4 is 5.32 Å². The summed E-state index contributed by atoms with van der Waals surface area (Å²) >= 11 is 0. The number of rotatable bonds is 4. The standard InChI is InChI=1S/C16H18N2O5S/c1-16(2)12(15(21)22)18-13(20)11(14(18)24(16)23)17-10(19)8-9-6-4-3-5-7-9/h3-7,11-12,14H,8H2,1-2H3,(H,17,19)(H,21,22)/t11-,12+,14-,24-/m0/s1. The summed E-state index contributed by atoms with van der Waals surface area (Å²) in [5.74, 6) is -2.03. The number of hydrogen-bond donors (Lipinski definition) is 2. The molecule has 0 bridgehead atoms. The maximum Gasteiger partial charge on any atom is 0.328 e. The SMILES string of the molecule is CC1(C)[C@@H](C(=O)O)N2C(=O)[C@H](NC(=O)Cc3ccccc3)[C@@H]2[S@@]1=O. The van der Waals surface area contributed by atoms with Crippen LogP contribution in [0.15, 0.2) is 30.3 Å². The number of carboxylic acids is 1. The molecule has 0 unspecified atom stereocenters. The largest absolute Gasteiger partial charge is 0.480 e. The molecule has 24 heavy (non-hydrogen) atoms. The lowest BCUT2D eigenvalue weighted by Crippen LogP contribution is -2.71. The van der Waals surface area contributed by atoms with Crippen molar-refractivity contribution in [1.29, 1.82) is 0 Å². The number of benzene rings is 1. The van der Waals surface area contributed by atoms with Crippen molar-refractivity contribution in [3.63, 3.8) is 0 Å². The van der Waals surface area contributed by atoms with E-state index in [9.17, 15) is 23.7 Å². The fourth-order valence-electron chi connectivity index (χ4n) is 3.30. The molecule has 0 aromatic heterocycles. The Morgan fingerprint density at radius 2 is 1.92 bits per heavy atom. The Hall–Kier alpha value is -2.22. The number of hydrogen-bond acceptors (Lipinski definition) is 4. The molecular formula is C16H18N2O5S. The van der Waals surface area contributed by atoms with Gasteiger partial charge in [0.05, 0.1) is 22.0 Å². The van der Waals surface area contributed by atoms with Gasteiger partial charge in [-0.1, -0.05) is 30.3 Å². The number of amides is 2. The number of carboxylic acid groups (broad SMARTS) is 1. The van der Waals surface area contributed by atoms with E-state index in [1.165, 1.54) is 0 Å². The summed E-state index contributed by atoms with van der Waals surface area (Å²) < 4.78 is 11.5. The molecule has 2 aliphatic rings. The molecule has 4 atom stereocenters. The van der Waals surface area contributed by atoms with Crippen LogP contribution in [0, 0.1) is 0 Å². The molecule has 2 amide bonds. The van der Waals surface area contributed by atoms with Gasteiger partial charge in [-0.25, -0.2) is 4.79 Å². The number of nitrogens with one attached hydrogen (secondary N) is 1. The Bertz CT molecular complexity index is 733. The zero-order valence-electron chi connectivity index (χ0n) is 13.3. The highest BCUT2D eigenvalue weighted by molar-refractivity contribution is 7.87. The van der Waals surface area contributed by atoms with Gasteiger partial charge in [0.15, 0.2) is 0 Å². The highest BCUT2D eigenvalue weighted by Crippen LogP contribution is 2.43. The van der Waals surface area contributed by atoms with E-state index in [0.29, 0.717) is 0 Å². The lowest BCUT2D eigenvalue weighted by Gasteiger charge is -2.43. The average Bonchev–Trinajstić information content (AvgIpc) is 2.71. The first-order valence-electron chi connectivity index (χ1n) is 7.54. The molecule has 3 rings (SSSR count). The Balaban J connectivity index is 1.74. The van der Waals surface area contributed by atoms with Crippen LogP contribution >= 0.6 is 0 Å². The number of β-lactam (4-membered cyclic amide) rings is 1. The van der Waals surface area contributed by atoms with Gasteiger partial charge in [0.2, 0.25) is 11.8 Å². The van der Waals surface area contributed by atoms with Crippen molar-refractivity contribution in [1.82, 2.24) is 10.2 Å². The monoisotopic (exact) mass is 350 g/mol. The molecule has 0 aliphatic carbocycles. The number of carbonyl (C=O) groups excluding carboxylic acids is 2. The van der Waals surface area contributed by atoms with Gasteiger partial charge in [-0.15, -0.1) is 0 Å². The third-order valence-electron chi connectivity index (χ3n) is 4.51. The van der Waals surface area contributed by atoms with Crippen LogP contribution in [0.2, 0.25) is 0 Å². The highest BCUT2D eigenvalue weighted by atomic mass is 32.2. The van der Waals surface area contributed by atoms with Gasteiger partial charge in [0.25, 0.3) is 0 Å². The predicted molar refractivity (Wildman–Crippen MR) is 86.4 cm³/mol. The van der Waals surface area contributed by atoms with Gasteiger partial charge in [0, 0.05) is 0 Å². The van der Waals surface area contributed by atoms with Crippen LogP contribution in [0.1, 0.15) is 19.4 Å². The number of carbonyl (C=O) groups is 3. The first-order chi connectivity index (χ1) is 11.2. The van der Waals surface area contributed by atoms with Crippen molar-refractivity contribution in [2.75, 3.05) is 0 Å². The molecule has 0 spiro atoms. The lowest BCUT2D eigenvalue weighted by atomic mass is 9.96. The minimum Gasteiger partial charge on any atom is -0.480 e. The summed E-state index contributed by atoms with van der Waals surface area (Å²) in [4.78, 5) is 37.0. The number of nitrogens with zero attached hydrogens (tertiary/aromatic N) is 1. The second-order valence-corrected chi connectivity index (χ2v) is 8.62. The molecular weight excluding hydrogens is 332 g/mol. The molecule has 2 fully saturated rings. The summed E-state index contributed by atoms with van der Waals surface area (Å²) in [6.07, 6.45) is 0.107. The predicted octanol–water partition coefficient (Wildman–Crippen LogP) is -0.124. The zero-order chi connectivity index (χ0) is 17.6. The van der Waals surface area contributed by atoms with Crippen molar-refractivity contribution in [3.8, 4) is 0 Å². The molecule has 2 saturated heterocycles. The van der Waals surface area contributed by atoms with Crippen LogP contribution in [0.25, 0.3) is 0 Å². The van der Waals surface area contributed by atoms with Gasteiger partial charge in [0.1, 0.15) is 17.5 Å². The Labute approximate surface area is 141 Å². The summed E-state index contributed by atoms with van der Waals surface area (Å²) in [6.45, 7) is 3.13. The number of fused-ring (bicyclic) bond motifs is 1. The zero-order valence-corrected chi connectivity index (χ0v) is 14.1.